The van der Waals surface area contributed by atoms with Gasteiger partial charge >= 0.3 is 6.09 Å². The van der Waals surface area contributed by atoms with E-state index in [1.165, 1.54) is 0 Å². The number of primary amides is 1. The second-order valence-corrected chi connectivity index (χ2v) is 4.91. The van der Waals surface area contributed by atoms with Gasteiger partial charge in [0.15, 0.2) is 0 Å². The smallest absolute Gasteiger partial charge is 0.404 e. The maximum Gasteiger partial charge on any atom is 0.404 e. The summed E-state index contributed by atoms with van der Waals surface area (Å²) < 4.78 is 11.3. The third-order valence-corrected chi connectivity index (χ3v) is 3.24. The fourth-order valence-electron chi connectivity index (χ4n) is 1.96. The third-order valence-electron chi connectivity index (χ3n) is 2.75. The molecule has 1 heterocycles. The molecule has 0 fully saturated rings. The number of fused-ring (bicyclic) bond motifs is 1. The van der Waals surface area contributed by atoms with Crippen LogP contribution in [0.3, 0.4) is 0 Å². The van der Waals surface area contributed by atoms with Crippen LogP contribution in [0, 0.1) is 0 Å². The number of rotatable bonds is 4. The number of nitrogens with two attached hydrogens (primary N) is 1. The summed E-state index contributed by atoms with van der Waals surface area (Å²) >= 11 is 3.45. The van der Waals surface area contributed by atoms with E-state index in [9.17, 15) is 4.79 Å². The Kier molecular flexibility index (Phi) is 4.43. The Morgan fingerprint density at radius 2 is 2.44 bits per heavy atom. The van der Waals surface area contributed by atoms with Crippen LogP contribution in [0.5, 0.6) is 5.75 Å². The Hall–Kier alpha value is -1.27. The average molecular weight is 315 g/mol. The zero-order valence-electron chi connectivity index (χ0n) is 9.82. The van der Waals surface area contributed by atoms with E-state index in [-0.39, 0.29) is 12.6 Å². The number of carbonyl (C=O) groups is 1. The molecule has 2 rings (SSSR count). The molecule has 0 bridgehead atoms. The lowest BCUT2D eigenvalue weighted by atomic mass is 10.0. The summed E-state index contributed by atoms with van der Waals surface area (Å²) in [5.74, 6) is 0.901. The minimum absolute atomic E-state index is 0.211. The molecule has 6 heteroatoms. The van der Waals surface area contributed by atoms with Crippen LogP contribution in [0.1, 0.15) is 18.0 Å². The first kappa shape index (κ1) is 13.2. The SMILES string of the molecule is NC(=O)OCCNC1CCOc2ccc(Br)cc21. The van der Waals surface area contributed by atoms with E-state index in [0.717, 1.165) is 22.2 Å². The van der Waals surface area contributed by atoms with Crippen LogP contribution >= 0.6 is 15.9 Å². The molecule has 1 amide bonds. The summed E-state index contributed by atoms with van der Waals surface area (Å²) in [6.45, 7) is 1.53. The molecule has 0 aliphatic carbocycles. The molecule has 0 aromatic heterocycles. The maximum absolute atomic E-state index is 10.4. The quantitative estimate of drug-likeness (QED) is 0.833. The van der Waals surface area contributed by atoms with Crippen LogP contribution in [0.25, 0.3) is 0 Å². The van der Waals surface area contributed by atoms with E-state index < -0.39 is 6.09 Å². The molecule has 3 N–H and O–H groups in total. The highest BCUT2D eigenvalue weighted by Gasteiger charge is 2.20. The molecule has 1 unspecified atom stereocenters. The van der Waals surface area contributed by atoms with E-state index in [1.54, 1.807) is 0 Å². The first-order valence-corrected chi connectivity index (χ1v) is 6.54. The summed E-state index contributed by atoms with van der Waals surface area (Å²) in [7, 11) is 0. The summed E-state index contributed by atoms with van der Waals surface area (Å²) in [4.78, 5) is 10.4. The standard InChI is InChI=1S/C12H15BrN2O3/c13-8-1-2-11-9(7-8)10(3-5-17-11)15-4-6-18-12(14)16/h1-2,7,10,15H,3-6H2,(H2,14,16). The van der Waals surface area contributed by atoms with Gasteiger partial charge in [0.25, 0.3) is 0 Å². The van der Waals surface area contributed by atoms with Crippen LogP contribution in [-0.2, 0) is 4.74 Å². The molecule has 1 aromatic carbocycles. The lowest BCUT2D eigenvalue weighted by Gasteiger charge is -2.27. The number of hydrogen-bond acceptors (Lipinski definition) is 4. The van der Waals surface area contributed by atoms with Crippen molar-refractivity contribution in [2.75, 3.05) is 19.8 Å². The number of carbonyl (C=O) groups excluding carboxylic acids is 1. The average Bonchev–Trinajstić information content (AvgIpc) is 2.34. The normalized spacial score (nSPS) is 17.7. The molecular formula is C12H15BrN2O3. The first-order chi connectivity index (χ1) is 8.66. The molecule has 1 atom stereocenters. The molecule has 5 nitrogen and oxygen atoms in total. The van der Waals surface area contributed by atoms with Gasteiger partial charge in [-0.2, -0.15) is 0 Å². The highest BCUT2D eigenvalue weighted by Crippen LogP contribution is 2.33. The topological polar surface area (TPSA) is 73.6 Å². The number of amides is 1. The first-order valence-electron chi connectivity index (χ1n) is 5.74. The number of ether oxygens (including phenoxy) is 2. The fraction of sp³-hybridized carbons (Fsp3) is 0.417. The van der Waals surface area contributed by atoms with Crippen LogP contribution in [0.4, 0.5) is 4.79 Å². The van der Waals surface area contributed by atoms with Crippen molar-refractivity contribution in [1.29, 1.82) is 0 Å². The second-order valence-electron chi connectivity index (χ2n) is 3.99. The van der Waals surface area contributed by atoms with E-state index in [4.69, 9.17) is 10.5 Å². The molecule has 1 aromatic rings. The van der Waals surface area contributed by atoms with Gasteiger partial charge in [-0.3, -0.25) is 0 Å². The van der Waals surface area contributed by atoms with E-state index >= 15 is 0 Å². The predicted molar refractivity (Wildman–Crippen MR) is 70.5 cm³/mol. The molecule has 0 spiro atoms. The Balaban J connectivity index is 1.95. The summed E-state index contributed by atoms with van der Waals surface area (Å²) in [6.07, 6.45) is 0.145. The minimum atomic E-state index is -0.744. The van der Waals surface area contributed by atoms with Crippen molar-refractivity contribution in [3.05, 3.63) is 28.2 Å². The number of hydrogen-bond donors (Lipinski definition) is 2. The van der Waals surface area contributed by atoms with Gasteiger partial charge in [-0.25, -0.2) is 4.79 Å². The van der Waals surface area contributed by atoms with E-state index in [1.807, 2.05) is 18.2 Å². The third kappa shape index (κ3) is 3.36. The molecule has 98 valence electrons. The zero-order chi connectivity index (χ0) is 13.0. The molecule has 0 saturated heterocycles. The van der Waals surface area contributed by atoms with Crippen molar-refractivity contribution >= 4 is 22.0 Å². The van der Waals surface area contributed by atoms with E-state index in [0.29, 0.717) is 13.2 Å². The molecular weight excluding hydrogens is 300 g/mol. The van der Waals surface area contributed by atoms with Gasteiger partial charge in [0.2, 0.25) is 0 Å². The van der Waals surface area contributed by atoms with Crippen molar-refractivity contribution in [3.8, 4) is 5.75 Å². The van der Waals surface area contributed by atoms with Gasteiger partial charge < -0.3 is 20.5 Å². The number of halogens is 1. The van der Waals surface area contributed by atoms with Crippen LogP contribution in [0.2, 0.25) is 0 Å². The Labute approximate surface area is 114 Å². The van der Waals surface area contributed by atoms with Crippen LogP contribution in [-0.4, -0.2) is 25.9 Å². The Morgan fingerprint density at radius 3 is 3.22 bits per heavy atom. The van der Waals surface area contributed by atoms with Gasteiger partial charge in [0.1, 0.15) is 12.4 Å². The van der Waals surface area contributed by atoms with Crippen molar-refractivity contribution in [2.24, 2.45) is 5.73 Å². The van der Waals surface area contributed by atoms with Gasteiger partial charge in [-0.15, -0.1) is 0 Å². The van der Waals surface area contributed by atoms with Crippen LogP contribution in [0.15, 0.2) is 22.7 Å². The van der Waals surface area contributed by atoms with Crippen molar-refractivity contribution in [2.45, 2.75) is 12.5 Å². The minimum Gasteiger partial charge on any atom is -0.493 e. The fourth-order valence-corrected chi connectivity index (χ4v) is 2.34. The van der Waals surface area contributed by atoms with Gasteiger partial charge in [0, 0.05) is 29.0 Å². The summed E-state index contributed by atoms with van der Waals surface area (Å²) in [5.41, 5.74) is 6.01. The molecule has 1 aliphatic heterocycles. The van der Waals surface area contributed by atoms with Crippen molar-refractivity contribution < 1.29 is 14.3 Å². The zero-order valence-corrected chi connectivity index (χ0v) is 11.4. The molecule has 18 heavy (non-hydrogen) atoms. The maximum atomic E-state index is 10.4. The van der Waals surface area contributed by atoms with E-state index in [2.05, 4.69) is 26.0 Å². The van der Waals surface area contributed by atoms with Gasteiger partial charge in [0.05, 0.1) is 6.61 Å². The van der Waals surface area contributed by atoms with Gasteiger partial charge in [-0.05, 0) is 18.2 Å². The largest absolute Gasteiger partial charge is 0.493 e. The second kappa shape index (κ2) is 6.06. The molecule has 0 saturated carbocycles. The monoisotopic (exact) mass is 314 g/mol. The predicted octanol–water partition coefficient (Wildman–Crippen LogP) is 1.96. The lowest BCUT2D eigenvalue weighted by Crippen LogP contribution is -2.30. The number of benzene rings is 1. The number of nitrogens with one attached hydrogen (secondary N) is 1. The molecule has 1 aliphatic rings. The lowest BCUT2D eigenvalue weighted by molar-refractivity contribution is 0.154. The summed E-state index contributed by atoms with van der Waals surface area (Å²) in [6, 6.07) is 6.16. The highest BCUT2D eigenvalue weighted by atomic mass is 79.9. The summed E-state index contributed by atoms with van der Waals surface area (Å²) in [5, 5.41) is 3.33. The van der Waals surface area contributed by atoms with Crippen molar-refractivity contribution in [3.63, 3.8) is 0 Å². The highest BCUT2D eigenvalue weighted by molar-refractivity contribution is 9.10. The molecule has 0 radical (unpaired) electrons. The Bertz CT molecular complexity index is 439. The van der Waals surface area contributed by atoms with Gasteiger partial charge in [-0.1, -0.05) is 15.9 Å². The van der Waals surface area contributed by atoms with Crippen molar-refractivity contribution in [1.82, 2.24) is 5.32 Å². The Morgan fingerprint density at radius 1 is 1.61 bits per heavy atom. The van der Waals surface area contributed by atoms with Crippen LogP contribution < -0.4 is 15.8 Å².